The molecule has 150 valence electrons. The molecule has 0 saturated carbocycles. The third kappa shape index (κ3) is 3.65. The number of aliphatic hydroxyl groups excluding tert-OH is 1. The molecule has 7 heteroatoms. The maximum atomic E-state index is 12.4. The first-order valence-corrected chi connectivity index (χ1v) is 11.6. The number of fused-ring (bicyclic) bond motifs is 1. The van der Waals surface area contributed by atoms with Gasteiger partial charge in [-0.05, 0) is 26.3 Å². The van der Waals surface area contributed by atoms with Crippen molar-refractivity contribution in [1.82, 2.24) is 9.80 Å². The Morgan fingerprint density at radius 3 is 2.82 bits per heavy atom. The molecule has 4 atom stereocenters. The van der Waals surface area contributed by atoms with Gasteiger partial charge in [0.05, 0.1) is 22.8 Å². The van der Waals surface area contributed by atoms with E-state index in [4.69, 9.17) is 0 Å². The number of carbonyl (C=O) groups excluding carboxylic acids is 2. The number of thioether (sulfide) groups is 2. The summed E-state index contributed by atoms with van der Waals surface area (Å²) in [7, 11) is 0. The van der Waals surface area contributed by atoms with E-state index in [-0.39, 0.29) is 23.0 Å². The molecule has 0 radical (unpaired) electrons. The monoisotopic (exact) mass is 418 g/mol. The Kier molecular flexibility index (Phi) is 5.88. The van der Waals surface area contributed by atoms with Crippen molar-refractivity contribution < 1.29 is 14.7 Å². The molecule has 2 fully saturated rings. The highest BCUT2D eigenvalue weighted by Gasteiger charge is 2.55. The molecule has 0 unspecified atom stereocenters. The Hall–Kier alpha value is -1.28. The number of aliphatic hydroxyl groups is 1. The first kappa shape index (κ1) is 20.0. The zero-order chi connectivity index (χ0) is 19.8. The van der Waals surface area contributed by atoms with Crippen LogP contribution in [0, 0.1) is 5.92 Å². The minimum Gasteiger partial charge on any atom is -0.392 e. The van der Waals surface area contributed by atoms with Gasteiger partial charge in [0, 0.05) is 23.1 Å². The molecule has 3 aliphatic heterocycles. The number of β-lactam (4-membered cyclic amide) rings is 1. The van der Waals surface area contributed by atoms with Gasteiger partial charge in [-0.15, -0.1) is 11.8 Å². The molecule has 2 saturated heterocycles. The van der Waals surface area contributed by atoms with Gasteiger partial charge in [0.25, 0.3) is 0 Å². The second-order valence-corrected chi connectivity index (χ2v) is 10.3. The van der Waals surface area contributed by atoms with Crippen LogP contribution in [0.1, 0.15) is 37.0 Å². The van der Waals surface area contributed by atoms with E-state index < -0.39 is 6.10 Å². The Morgan fingerprint density at radius 1 is 1.36 bits per heavy atom. The molecule has 1 N–H and O–H groups in total. The first-order chi connectivity index (χ1) is 13.5. The van der Waals surface area contributed by atoms with Gasteiger partial charge in [0.1, 0.15) is 5.37 Å². The molecule has 0 bridgehead atoms. The van der Waals surface area contributed by atoms with Gasteiger partial charge in [-0.2, -0.15) is 0 Å². The number of likely N-dealkylation sites (tertiary alicyclic amines) is 1. The summed E-state index contributed by atoms with van der Waals surface area (Å²) in [5.41, 5.74) is 1.80. The summed E-state index contributed by atoms with van der Waals surface area (Å²) in [6.45, 7) is 6.20. The Morgan fingerprint density at radius 2 is 2.11 bits per heavy atom. The highest BCUT2D eigenvalue weighted by Crippen LogP contribution is 2.55. The molecule has 1 amide bonds. The zero-order valence-corrected chi connectivity index (χ0v) is 17.8. The molecule has 28 heavy (non-hydrogen) atoms. The van der Waals surface area contributed by atoms with Crippen LogP contribution in [0.3, 0.4) is 0 Å². The topological polar surface area (TPSA) is 60.9 Å². The van der Waals surface area contributed by atoms with Crippen molar-refractivity contribution in [2.45, 2.75) is 43.4 Å². The average Bonchev–Trinajstić information content (AvgIpc) is 3.24. The number of hydrogen-bond donors (Lipinski definition) is 1. The van der Waals surface area contributed by atoms with Crippen LogP contribution in [0.15, 0.2) is 40.3 Å². The van der Waals surface area contributed by atoms with Crippen molar-refractivity contribution in [3.63, 3.8) is 0 Å². The first-order valence-electron chi connectivity index (χ1n) is 9.85. The SMILES string of the molecule is CC[C@H](O)[C@@H]1C(=O)N2C(C)=C(S[C@H]3CCN(CC(=O)c4ccccc4)C3)S[C@H]12. The molecular weight excluding hydrogens is 392 g/mol. The van der Waals surface area contributed by atoms with E-state index in [1.807, 2.05) is 60.8 Å². The molecule has 1 aromatic rings. The Bertz CT molecular complexity index is 798. The van der Waals surface area contributed by atoms with E-state index in [0.29, 0.717) is 18.2 Å². The molecule has 0 aromatic heterocycles. The smallest absolute Gasteiger partial charge is 0.236 e. The number of hydrogen-bond acceptors (Lipinski definition) is 6. The van der Waals surface area contributed by atoms with E-state index in [1.165, 1.54) is 4.24 Å². The highest BCUT2D eigenvalue weighted by molar-refractivity contribution is 8.23. The summed E-state index contributed by atoms with van der Waals surface area (Å²) in [6, 6.07) is 9.46. The summed E-state index contributed by atoms with van der Waals surface area (Å²) in [6.07, 6.45) is 1.10. The van der Waals surface area contributed by atoms with Crippen molar-refractivity contribution in [2.75, 3.05) is 19.6 Å². The fraction of sp³-hybridized carbons (Fsp3) is 0.524. The molecule has 4 rings (SSSR count). The Balaban J connectivity index is 1.32. The Labute approximate surface area is 174 Å². The van der Waals surface area contributed by atoms with Crippen molar-refractivity contribution in [3.05, 3.63) is 45.8 Å². The maximum absolute atomic E-state index is 12.4. The highest BCUT2D eigenvalue weighted by atomic mass is 32.2. The molecular formula is C21H26N2O3S2. The lowest BCUT2D eigenvalue weighted by Gasteiger charge is -2.44. The summed E-state index contributed by atoms with van der Waals surface area (Å²) in [5.74, 6) is -0.0453. The molecule has 5 nitrogen and oxygen atoms in total. The van der Waals surface area contributed by atoms with Crippen LogP contribution >= 0.6 is 23.5 Å². The van der Waals surface area contributed by atoms with Gasteiger partial charge in [-0.3, -0.25) is 14.5 Å². The molecule has 0 aliphatic carbocycles. The fourth-order valence-corrected chi connectivity index (χ4v) is 7.40. The number of rotatable bonds is 7. The van der Waals surface area contributed by atoms with Gasteiger partial charge in [-0.1, -0.05) is 49.0 Å². The van der Waals surface area contributed by atoms with E-state index in [1.54, 1.807) is 11.8 Å². The van der Waals surface area contributed by atoms with Crippen LogP contribution in [0.5, 0.6) is 0 Å². The predicted octanol–water partition coefficient (Wildman–Crippen LogP) is 3.17. The molecule has 3 heterocycles. The summed E-state index contributed by atoms with van der Waals surface area (Å²) in [4.78, 5) is 28.9. The standard InChI is InChI=1S/C21H26N2O3S2/c1-3-16(24)18-19(26)23-13(2)21(28-20(18)23)27-15-9-10-22(11-15)12-17(25)14-7-5-4-6-8-14/h4-8,15-16,18,20,24H,3,9-12H2,1-2H3/t15-,16-,18+,20+/m0/s1. The van der Waals surface area contributed by atoms with Crippen LogP contribution in [0.2, 0.25) is 0 Å². The number of amides is 1. The fourth-order valence-electron chi connectivity index (χ4n) is 4.09. The zero-order valence-electron chi connectivity index (χ0n) is 16.2. The van der Waals surface area contributed by atoms with Crippen molar-refractivity contribution in [3.8, 4) is 0 Å². The molecule has 1 aromatic carbocycles. The van der Waals surface area contributed by atoms with E-state index in [2.05, 4.69) is 4.90 Å². The molecule has 3 aliphatic rings. The van der Waals surface area contributed by atoms with E-state index in [0.717, 1.165) is 30.8 Å². The third-order valence-electron chi connectivity index (χ3n) is 5.77. The minimum atomic E-state index is -0.552. The maximum Gasteiger partial charge on any atom is 0.236 e. The minimum absolute atomic E-state index is 0.0569. The van der Waals surface area contributed by atoms with Crippen molar-refractivity contribution in [2.24, 2.45) is 5.92 Å². The quantitative estimate of drug-likeness (QED) is 0.542. The van der Waals surface area contributed by atoms with Gasteiger partial charge in [0.15, 0.2) is 5.78 Å². The second kappa shape index (κ2) is 8.22. The van der Waals surface area contributed by atoms with Crippen LogP contribution in [0.4, 0.5) is 0 Å². The lowest BCUT2D eigenvalue weighted by Crippen LogP contribution is -2.60. The number of nitrogens with zero attached hydrogens (tertiary/aromatic N) is 2. The van der Waals surface area contributed by atoms with Crippen LogP contribution in [-0.4, -0.2) is 63.0 Å². The van der Waals surface area contributed by atoms with Gasteiger partial charge < -0.3 is 10.0 Å². The van der Waals surface area contributed by atoms with Crippen molar-refractivity contribution >= 4 is 35.2 Å². The number of carbonyl (C=O) groups is 2. The lowest BCUT2D eigenvalue weighted by molar-refractivity contribution is -0.153. The normalized spacial score (nSPS) is 28.5. The number of ketones is 1. The van der Waals surface area contributed by atoms with Gasteiger partial charge in [-0.25, -0.2) is 0 Å². The van der Waals surface area contributed by atoms with Crippen molar-refractivity contribution in [1.29, 1.82) is 0 Å². The average molecular weight is 419 g/mol. The van der Waals surface area contributed by atoms with E-state index >= 15 is 0 Å². The summed E-state index contributed by atoms with van der Waals surface area (Å²) in [5, 5.41) is 10.6. The predicted molar refractivity (Wildman–Crippen MR) is 114 cm³/mol. The lowest BCUT2D eigenvalue weighted by atomic mass is 9.90. The number of benzene rings is 1. The summed E-state index contributed by atoms with van der Waals surface area (Å²) >= 11 is 3.56. The number of Topliss-reactive ketones (excluding diaryl/α,β-unsaturated/α-hetero) is 1. The van der Waals surface area contributed by atoms with Gasteiger partial charge >= 0.3 is 0 Å². The number of allylic oxidation sites excluding steroid dienone is 1. The largest absolute Gasteiger partial charge is 0.392 e. The summed E-state index contributed by atoms with van der Waals surface area (Å²) < 4.78 is 1.20. The third-order valence-corrected chi connectivity index (χ3v) is 8.83. The van der Waals surface area contributed by atoms with Crippen LogP contribution < -0.4 is 0 Å². The van der Waals surface area contributed by atoms with E-state index in [9.17, 15) is 14.7 Å². The molecule has 0 spiro atoms. The second-order valence-electron chi connectivity index (χ2n) is 7.64. The van der Waals surface area contributed by atoms with Crippen LogP contribution in [0.25, 0.3) is 0 Å². The van der Waals surface area contributed by atoms with Gasteiger partial charge in [0.2, 0.25) is 5.91 Å². The van der Waals surface area contributed by atoms with Crippen LogP contribution in [-0.2, 0) is 4.79 Å².